The molecule has 0 bridgehead atoms. The van der Waals surface area contributed by atoms with E-state index in [9.17, 15) is 15.0 Å². The molecular weight excluding hydrogens is 573 g/mol. The second kappa shape index (κ2) is 15.6. The molecule has 1 saturated carbocycles. The van der Waals surface area contributed by atoms with Crippen LogP contribution in [0.2, 0.25) is 5.02 Å². The molecule has 42 heavy (non-hydrogen) atoms. The van der Waals surface area contributed by atoms with Crippen LogP contribution in [-0.4, -0.2) is 39.3 Å². The SMILES string of the molecule is CC(CO)c1ccccc1C(CCSCC(C(=O)O)C1CC1)c1cccc(/C=C/c2ccc3ccc(Cl)cc3n2)c1.[H-].[Na+]. The molecule has 1 aliphatic rings. The smallest absolute Gasteiger partial charge is 1.00 e. The van der Waals surface area contributed by atoms with Crippen LogP contribution in [0.1, 0.15) is 67.4 Å². The fraction of sp³-hybridized carbons (Fsp3) is 0.314. The van der Waals surface area contributed by atoms with E-state index in [0.717, 1.165) is 52.7 Å². The van der Waals surface area contributed by atoms with Gasteiger partial charge >= 0.3 is 35.5 Å². The molecule has 5 rings (SSSR count). The molecule has 1 aliphatic carbocycles. The van der Waals surface area contributed by atoms with Crippen LogP contribution in [0.25, 0.3) is 23.1 Å². The zero-order chi connectivity index (χ0) is 28.8. The van der Waals surface area contributed by atoms with Crippen molar-refractivity contribution in [2.45, 2.75) is 38.0 Å². The number of aliphatic hydroxyl groups is 1. The van der Waals surface area contributed by atoms with E-state index in [1.807, 2.05) is 36.4 Å². The van der Waals surface area contributed by atoms with Crippen molar-refractivity contribution in [1.82, 2.24) is 4.98 Å². The van der Waals surface area contributed by atoms with Gasteiger partial charge in [-0.2, -0.15) is 11.8 Å². The number of fused-ring (bicyclic) bond motifs is 1. The van der Waals surface area contributed by atoms with Crippen LogP contribution in [0, 0.1) is 11.8 Å². The summed E-state index contributed by atoms with van der Waals surface area (Å²) in [5.41, 5.74) is 6.41. The maximum absolute atomic E-state index is 11.7. The average molecular weight is 610 g/mol. The van der Waals surface area contributed by atoms with Crippen LogP contribution in [0.15, 0.2) is 78.9 Å². The van der Waals surface area contributed by atoms with E-state index in [-0.39, 0.29) is 55.3 Å². The first kappa shape index (κ1) is 32.8. The van der Waals surface area contributed by atoms with Gasteiger partial charge in [-0.1, -0.05) is 85.3 Å². The van der Waals surface area contributed by atoms with Gasteiger partial charge in [0.05, 0.1) is 17.1 Å². The average Bonchev–Trinajstić information content (AvgIpc) is 3.82. The molecule has 2 N–H and O–H groups in total. The summed E-state index contributed by atoms with van der Waals surface area (Å²) < 4.78 is 0. The summed E-state index contributed by atoms with van der Waals surface area (Å²) in [4.78, 5) is 16.5. The van der Waals surface area contributed by atoms with Crippen molar-refractivity contribution in [2.24, 2.45) is 11.8 Å². The molecule has 0 amide bonds. The molecule has 1 fully saturated rings. The Morgan fingerprint density at radius 2 is 1.81 bits per heavy atom. The maximum Gasteiger partial charge on any atom is 1.00 e. The number of pyridine rings is 1. The minimum Gasteiger partial charge on any atom is -1.00 e. The third kappa shape index (κ3) is 8.49. The van der Waals surface area contributed by atoms with Crippen LogP contribution in [0.3, 0.4) is 0 Å². The second-order valence-corrected chi connectivity index (χ2v) is 12.6. The Morgan fingerprint density at radius 1 is 1.05 bits per heavy atom. The van der Waals surface area contributed by atoms with Crippen LogP contribution >= 0.6 is 23.4 Å². The number of rotatable bonds is 13. The van der Waals surface area contributed by atoms with Gasteiger partial charge in [-0.05, 0) is 77.5 Å². The molecule has 1 aromatic heterocycles. The quantitative estimate of drug-likeness (QED) is 0.152. The van der Waals surface area contributed by atoms with Gasteiger partial charge in [0, 0.05) is 34.6 Å². The standard InChI is InChI=1S/C35H36ClNO3S.Na.H/c1-23(21-38)30-7-2-3-8-32(30)31(17-18-41-22-33(35(39)40)25-10-11-25)27-6-4-5-24(19-27)9-15-29-16-13-26-12-14-28(36)20-34(26)37-29;;/h2-9,12-16,19-20,23,25,31,33,38H,10-11,17-18,21-22H2,1H3,(H,39,40);;/q;+1;-1/b15-9+;;. The fourth-order valence-electron chi connectivity index (χ4n) is 5.46. The van der Waals surface area contributed by atoms with Crippen molar-refractivity contribution in [1.29, 1.82) is 0 Å². The summed E-state index contributed by atoms with van der Waals surface area (Å²) in [5, 5.41) is 21.3. The number of carboxylic acid groups (broad SMARTS) is 1. The van der Waals surface area contributed by atoms with E-state index in [4.69, 9.17) is 16.6 Å². The maximum atomic E-state index is 11.7. The molecule has 7 heteroatoms. The molecule has 0 radical (unpaired) electrons. The van der Waals surface area contributed by atoms with E-state index < -0.39 is 5.97 Å². The van der Waals surface area contributed by atoms with Crippen LogP contribution in [0.4, 0.5) is 0 Å². The minimum atomic E-state index is -0.665. The van der Waals surface area contributed by atoms with Gasteiger partial charge in [0.25, 0.3) is 0 Å². The number of carboxylic acids is 1. The van der Waals surface area contributed by atoms with Gasteiger partial charge in [-0.15, -0.1) is 0 Å². The minimum absolute atomic E-state index is 0. The first-order valence-electron chi connectivity index (χ1n) is 14.3. The number of benzene rings is 3. The summed E-state index contributed by atoms with van der Waals surface area (Å²) in [5.74, 6) is 1.13. The first-order chi connectivity index (χ1) is 19.9. The van der Waals surface area contributed by atoms with Gasteiger partial charge in [-0.25, -0.2) is 4.98 Å². The number of aliphatic carboxylic acids is 1. The number of thioether (sulfide) groups is 1. The van der Waals surface area contributed by atoms with Gasteiger partial charge in [0.1, 0.15) is 0 Å². The topological polar surface area (TPSA) is 70.4 Å². The van der Waals surface area contributed by atoms with Crippen molar-refractivity contribution >= 4 is 52.4 Å². The molecule has 0 aliphatic heterocycles. The van der Waals surface area contributed by atoms with E-state index in [1.165, 1.54) is 11.1 Å². The van der Waals surface area contributed by atoms with Gasteiger partial charge in [0.2, 0.25) is 0 Å². The number of nitrogens with zero attached hydrogens (tertiary/aromatic N) is 1. The zero-order valence-electron chi connectivity index (χ0n) is 25.2. The number of carbonyl (C=O) groups is 1. The summed E-state index contributed by atoms with van der Waals surface area (Å²) in [6.07, 6.45) is 7.07. The number of halogens is 1. The number of hydrogen-bond donors (Lipinski definition) is 2. The predicted octanol–water partition coefficient (Wildman–Crippen LogP) is 5.64. The number of aromatic nitrogens is 1. The van der Waals surface area contributed by atoms with Gasteiger partial charge < -0.3 is 11.6 Å². The molecule has 1 heterocycles. The number of aliphatic hydroxyl groups excluding tert-OH is 1. The van der Waals surface area contributed by atoms with Crippen molar-refractivity contribution < 1.29 is 46.0 Å². The molecule has 3 aromatic carbocycles. The van der Waals surface area contributed by atoms with E-state index in [0.29, 0.717) is 16.7 Å². The zero-order valence-corrected chi connectivity index (χ0v) is 27.8. The Hall–Kier alpha value is -2.12. The van der Waals surface area contributed by atoms with Crippen LogP contribution < -0.4 is 29.6 Å². The summed E-state index contributed by atoms with van der Waals surface area (Å²) >= 11 is 7.92. The largest absolute Gasteiger partial charge is 1.00 e. The Labute approximate surface area is 281 Å². The van der Waals surface area contributed by atoms with Crippen LogP contribution in [-0.2, 0) is 4.79 Å². The van der Waals surface area contributed by atoms with E-state index >= 15 is 0 Å². The molecule has 3 unspecified atom stereocenters. The van der Waals surface area contributed by atoms with E-state index in [1.54, 1.807) is 11.8 Å². The first-order valence-corrected chi connectivity index (χ1v) is 15.8. The molecule has 0 saturated heterocycles. The summed E-state index contributed by atoms with van der Waals surface area (Å²) in [6.45, 7) is 2.15. The molecular formula is C35H37ClNNaO3S. The molecule has 3 atom stereocenters. The normalized spacial score (nSPS) is 15.3. The monoisotopic (exact) mass is 609 g/mol. The molecule has 4 aromatic rings. The van der Waals surface area contributed by atoms with Crippen molar-refractivity contribution in [2.75, 3.05) is 18.1 Å². The predicted molar refractivity (Wildman–Crippen MR) is 173 cm³/mol. The number of hydrogen-bond acceptors (Lipinski definition) is 4. The Balaban J connectivity index is 0.00000253. The van der Waals surface area contributed by atoms with Crippen molar-refractivity contribution in [3.63, 3.8) is 0 Å². The van der Waals surface area contributed by atoms with Crippen molar-refractivity contribution in [3.05, 3.63) is 112 Å². The second-order valence-electron chi connectivity index (χ2n) is 11.0. The van der Waals surface area contributed by atoms with Gasteiger partial charge in [-0.3, -0.25) is 4.79 Å². The Kier molecular flexibility index (Phi) is 12.1. The Morgan fingerprint density at radius 3 is 2.55 bits per heavy atom. The third-order valence-electron chi connectivity index (χ3n) is 7.97. The van der Waals surface area contributed by atoms with Crippen molar-refractivity contribution in [3.8, 4) is 0 Å². The van der Waals surface area contributed by atoms with Crippen LogP contribution in [0.5, 0.6) is 0 Å². The fourth-order valence-corrected chi connectivity index (χ4v) is 6.86. The molecule has 214 valence electrons. The summed E-state index contributed by atoms with van der Waals surface area (Å²) in [6, 6.07) is 26.8. The molecule has 0 spiro atoms. The third-order valence-corrected chi connectivity index (χ3v) is 9.32. The summed E-state index contributed by atoms with van der Waals surface area (Å²) in [7, 11) is 0. The Bertz CT molecular complexity index is 1550. The van der Waals surface area contributed by atoms with E-state index in [2.05, 4.69) is 61.5 Å². The van der Waals surface area contributed by atoms with Gasteiger partial charge in [0.15, 0.2) is 0 Å². The molecule has 4 nitrogen and oxygen atoms in total.